The van der Waals surface area contributed by atoms with Crippen LogP contribution in [0.4, 0.5) is 4.79 Å². The molecule has 3 atom stereocenters. The maximum absolute atomic E-state index is 12.4. The Kier molecular flexibility index (Phi) is 6.93. The van der Waals surface area contributed by atoms with Crippen LogP contribution in [0, 0.1) is 5.92 Å². The first-order valence-electron chi connectivity index (χ1n) is 11.2. The Balaban J connectivity index is 1.24. The second-order valence-corrected chi connectivity index (χ2v) is 8.61. The van der Waals surface area contributed by atoms with Gasteiger partial charge in [-0.3, -0.25) is 4.79 Å². The molecule has 8 heteroatoms. The lowest BCUT2D eigenvalue weighted by atomic mass is 9.98. The summed E-state index contributed by atoms with van der Waals surface area (Å²) >= 11 is 0. The molecule has 0 spiro atoms. The lowest BCUT2D eigenvalue weighted by Crippen LogP contribution is -2.36. The number of aliphatic hydroxyl groups is 1. The first kappa shape index (κ1) is 22.8. The van der Waals surface area contributed by atoms with Crippen molar-refractivity contribution in [1.82, 2.24) is 10.6 Å². The molecule has 33 heavy (non-hydrogen) atoms. The fraction of sp³-hybridized carbons (Fsp3) is 0.400. The van der Waals surface area contributed by atoms with E-state index in [0.29, 0.717) is 19.3 Å². The molecule has 2 aliphatic rings. The molecule has 2 amide bonds. The van der Waals surface area contributed by atoms with Crippen molar-refractivity contribution in [2.75, 3.05) is 13.2 Å². The highest BCUT2D eigenvalue weighted by molar-refractivity contribution is 5.80. The number of aliphatic hydroxyl groups excluding tert-OH is 1. The third-order valence-corrected chi connectivity index (χ3v) is 6.47. The van der Waals surface area contributed by atoms with Gasteiger partial charge in [-0.05, 0) is 41.5 Å². The van der Waals surface area contributed by atoms with Gasteiger partial charge in [-0.1, -0.05) is 48.5 Å². The van der Waals surface area contributed by atoms with Crippen LogP contribution >= 0.6 is 0 Å². The molecule has 0 heterocycles. The number of hydrogen-bond donors (Lipinski definition) is 4. The van der Waals surface area contributed by atoms with Crippen molar-refractivity contribution < 1.29 is 29.3 Å². The number of carbonyl (C=O) groups is 3. The number of amides is 2. The minimum atomic E-state index is -1.49. The molecule has 1 unspecified atom stereocenters. The average Bonchev–Trinajstić information content (AvgIpc) is 3.40. The summed E-state index contributed by atoms with van der Waals surface area (Å²) in [5.74, 6) is -1.76. The van der Waals surface area contributed by atoms with E-state index in [9.17, 15) is 19.5 Å². The molecule has 2 aliphatic carbocycles. The Labute approximate surface area is 192 Å². The van der Waals surface area contributed by atoms with Crippen LogP contribution in [-0.4, -0.2) is 53.5 Å². The Morgan fingerprint density at radius 1 is 1.00 bits per heavy atom. The molecule has 8 nitrogen and oxygen atoms in total. The second kappa shape index (κ2) is 10.0. The number of carbonyl (C=O) groups excluding carboxylic acids is 2. The van der Waals surface area contributed by atoms with Crippen LogP contribution in [0.15, 0.2) is 48.5 Å². The minimum Gasteiger partial charge on any atom is -0.479 e. The van der Waals surface area contributed by atoms with Gasteiger partial charge < -0.3 is 25.6 Å². The van der Waals surface area contributed by atoms with Gasteiger partial charge in [0.15, 0.2) is 6.10 Å². The van der Waals surface area contributed by atoms with E-state index >= 15 is 0 Å². The molecule has 0 bridgehead atoms. The zero-order chi connectivity index (χ0) is 23.4. The first-order chi connectivity index (χ1) is 15.9. The van der Waals surface area contributed by atoms with Crippen molar-refractivity contribution >= 4 is 18.0 Å². The molecule has 1 fully saturated rings. The summed E-state index contributed by atoms with van der Waals surface area (Å²) in [6, 6.07) is 16.1. The summed E-state index contributed by atoms with van der Waals surface area (Å²) in [6.45, 7) is 0.329. The monoisotopic (exact) mass is 452 g/mol. The van der Waals surface area contributed by atoms with Gasteiger partial charge in [0.1, 0.15) is 6.61 Å². The molecule has 0 radical (unpaired) electrons. The number of nitrogens with one attached hydrogen (secondary N) is 2. The third kappa shape index (κ3) is 5.17. The predicted molar refractivity (Wildman–Crippen MR) is 121 cm³/mol. The van der Waals surface area contributed by atoms with Crippen molar-refractivity contribution in [3.05, 3.63) is 59.7 Å². The van der Waals surface area contributed by atoms with Gasteiger partial charge in [0.05, 0.1) is 0 Å². The lowest BCUT2D eigenvalue weighted by molar-refractivity contribution is -0.147. The molecule has 0 saturated heterocycles. The van der Waals surface area contributed by atoms with Crippen molar-refractivity contribution in [2.45, 2.75) is 43.7 Å². The zero-order valence-electron chi connectivity index (χ0n) is 18.2. The molecular formula is C25H28N2O6. The normalized spacial score (nSPS) is 19.9. The number of fused-ring (bicyclic) bond motifs is 3. The van der Waals surface area contributed by atoms with Gasteiger partial charge in [0.25, 0.3) is 0 Å². The molecular weight excluding hydrogens is 424 g/mol. The predicted octanol–water partition coefficient (Wildman–Crippen LogP) is 2.65. The van der Waals surface area contributed by atoms with Crippen molar-refractivity contribution in [3.63, 3.8) is 0 Å². The van der Waals surface area contributed by atoms with Gasteiger partial charge in [-0.2, -0.15) is 0 Å². The molecule has 2 aromatic carbocycles. The fourth-order valence-electron chi connectivity index (χ4n) is 4.76. The van der Waals surface area contributed by atoms with E-state index in [1.54, 1.807) is 0 Å². The van der Waals surface area contributed by atoms with E-state index < -0.39 is 18.2 Å². The van der Waals surface area contributed by atoms with Crippen LogP contribution in [0.1, 0.15) is 42.7 Å². The number of aliphatic carboxylic acids is 1. The topological polar surface area (TPSA) is 125 Å². The van der Waals surface area contributed by atoms with E-state index in [1.165, 1.54) is 11.1 Å². The number of alkyl carbamates (subject to hydrolysis) is 1. The van der Waals surface area contributed by atoms with Gasteiger partial charge in [0, 0.05) is 30.8 Å². The van der Waals surface area contributed by atoms with Crippen LogP contribution < -0.4 is 10.6 Å². The SMILES string of the molecule is O=C(N[C@@H]1CC[C@H](C(=O)NCCC(O)C(=O)O)C1)OCC1c2ccccc2-c2ccccc21. The Hall–Kier alpha value is -3.39. The Morgan fingerprint density at radius 3 is 2.27 bits per heavy atom. The lowest BCUT2D eigenvalue weighted by Gasteiger charge is -2.17. The zero-order valence-corrected chi connectivity index (χ0v) is 18.2. The highest BCUT2D eigenvalue weighted by Crippen LogP contribution is 2.44. The van der Waals surface area contributed by atoms with E-state index in [1.807, 2.05) is 24.3 Å². The van der Waals surface area contributed by atoms with Crippen LogP contribution in [-0.2, 0) is 14.3 Å². The van der Waals surface area contributed by atoms with Crippen LogP contribution in [0.2, 0.25) is 0 Å². The summed E-state index contributed by atoms with van der Waals surface area (Å²) in [5, 5.41) is 23.5. The smallest absolute Gasteiger partial charge is 0.407 e. The Morgan fingerprint density at radius 2 is 1.64 bits per heavy atom. The largest absolute Gasteiger partial charge is 0.479 e. The van der Waals surface area contributed by atoms with Gasteiger partial charge in [0.2, 0.25) is 5.91 Å². The molecule has 0 aromatic heterocycles. The minimum absolute atomic E-state index is 0.00796. The number of ether oxygens (including phenoxy) is 1. The van der Waals surface area contributed by atoms with Crippen LogP contribution in [0.3, 0.4) is 0 Å². The number of carboxylic acids is 1. The summed E-state index contributed by atoms with van der Waals surface area (Å²) in [7, 11) is 0. The summed E-state index contributed by atoms with van der Waals surface area (Å²) < 4.78 is 5.58. The van der Waals surface area contributed by atoms with Gasteiger partial charge in [-0.25, -0.2) is 9.59 Å². The maximum Gasteiger partial charge on any atom is 0.407 e. The molecule has 2 aromatic rings. The Bertz CT molecular complexity index is 994. The van der Waals surface area contributed by atoms with Crippen LogP contribution in [0.25, 0.3) is 11.1 Å². The van der Waals surface area contributed by atoms with E-state index in [2.05, 4.69) is 34.9 Å². The molecule has 4 N–H and O–H groups in total. The van der Waals surface area contributed by atoms with Gasteiger partial charge in [-0.15, -0.1) is 0 Å². The van der Waals surface area contributed by atoms with Crippen molar-refractivity contribution in [2.24, 2.45) is 5.92 Å². The molecule has 4 rings (SSSR count). The van der Waals surface area contributed by atoms with E-state index in [0.717, 1.165) is 11.1 Å². The summed E-state index contributed by atoms with van der Waals surface area (Å²) in [4.78, 5) is 35.3. The van der Waals surface area contributed by atoms with Crippen LogP contribution in [0.5, 0.6) is 0 Å². The molecule has 174 valence electrons. The molecule has 1 saturated carbocycles. The third-order valence-electron chi connectivity index (χ3n) is 6.47. The number of hydrogen-bond acceptors (Lipinski definition) is 5. The van der Waals surface area contributed by atoms with E-state index in [4.69, 9.17) is 9.84 Å². The van der Waals surface area contributed by atoms with Crippen molar-refractivity contribution in [3.8, 4) is 11.1 Å². The number of rotatable bonds is 8. The molecule has 0 aliphatic heterocycles. The maximum atomic E-state index is 12.4. The summed E-state index contributed by atoms with van der Waals surface area (Å²) in [5.41, 5.74) is 4.64. The highest BCUT2D eigenvalue weighted by Gasteiger charge is 2.32. The second-order valence-electron chi connectivity index (χ2n) is 8.61. The highest BCUT2D eigenvalue weighted by atomic mass is 16.5. The average molecular weight is 453 g/mol. The number of carboxylic acid groups (broad SMARTS) is 1. The fourth-order valence-corrected chi connectivity index (χ4v) is 4.76. The van der Waals surface area contributed by atoms with Crippen molar-refractivity contribution in [1.29, 1.82) is 0 Å². The first-order valence-corrected chi connectivity index (χ1v) is 11.2. The summed E-state index contributed by atoms with van der Waals surface area (Å²) in [6.07, 6.45) is -0.238. The quantitative estimate of drug-likeness (QED) is 0.488. The number of benzene rings is 2. The standard InChI is InChI=1S/C25H28N2O6/c28-22(24(30)31)11-12-26-23(29)15-9-10-16(13-15)27-25(32)33-14-21-19-7-3-1-5-17(19)18-6-2-4-8-20(18)21/h1-8,15-16,21-22,28H,9-14H2,(H,26,29)(H,27,32)(H,30,31)/t15-,16+,22?/m0/s1. The van der Waals surface area contributed by atoms with E-state index in [-0.39, 0.29) is 43.4 Å². The van der Waals surface area contributed by atoms with Gasteiger partial charge >= 0.3 is 12.1 Å².